The van der Waals surface area contributed by atoms with E-state index in [0.29, 0.717) is 58.4 Å². The second-order valence-corrected chi connectivity index (χ2v) is 25.5. The zero-order valence-corrected chi connectivity index (χ0v) is 57.6. The molecule has 5 atom stereocenters. The Balaban J connectivity index is 0.00000212. The van der Waals surface area contributed by atoms with E-state index in [9.17, 15) is 49.1 Å². The van der Waals surface area contributed by atoms with E-state index in [1.165, 1.54) is 29.3 Å². The SMILES string of the molecule is C[C@]12CC[C@@H]3c4ccc(O)cc4CC[C@H]3[C@@H]1CC[C@]2(O)CCCCC#CC#Cc1cccc2c1-c1nc-2nc2[nH]c(nc3nc(nc4[nH]c(n1)c1ccc(S(=O)(=O)[O-])cc41)-c1ccc(S(=O)(=O)[O-])cc1-3)c1ccc(S(=O)(=O)[O-])cc21.[Na+].[Na+].[Na+].[Zn]. The van der Waals surface area contributed by atoms with Gasteiger partial charge in [-0.3, -0.25) is 0 Å². The van der Waals surface area contributed by atoms with Gasteiger partial charge < -0.3 is 33.8 Å². The van der Waals surface area contributed by atoms with Crippen molar-refractivity contribution >= 4 is 74.5 Å². The molecule has 19 nitrogen and oxygen atoms in total. The van der Waals surface area contributed by atoms with Crippen LogP contribution in [0.5, 0.6) is 5.75 Å². The Bertz CT molecular complexity index is 4700. The van der Waals surface area contributed by atoms with Gasteiger partial charge in [-0.15, -0.1) is 0 Å². The van der Waals surface area contributed by atoms with E-state index in [4.69, 9.17) is 24.9 Å². The van der Waals surface area contributed by atoms with Crippen molar-refractivity contribution in [2.24, 2.45) is 17.3 Å². The molecule has 0 saturated heterocycles. The standard InChI is InChI=1S/C58H48N8O11S3.3Na.Zn/c1-57-25-22-38-37-18-13-33(67)27-32(37)12-17-39(38)47(57)23-26-58(57,68)24-7-5-3-2-4-6-9-31-10-8-11-43-48(31)56-65-51-42-21-16-36(80(75,76)77)30-46(42)54(63-51)61-49-40-19-14-34(78(69,70)71)28-44(40)53(59-49)60-50-41-20-15-35(79(72,73)74)29-45(41)55(62-50)64-52(43)66-56;;;;/h8,10-11,13-16,18-21,27-30,38-39,47,67-68H,3,5,7,12,17,22-26H2,1H3,(H,69,70,71)(H,72,73,74)(H,75,76,77)(H2,59,60,61,62,63,64,65,66);;;;/q;3*+1;/p-3/t38-,39-,47+,57+,58-;;;;/m1..../s1. The van der Waals surface area contributed by atoms with E-state index in [0.717, 1.165) is 87.8 Å². The van der Waals surface area contributed by atoms with Crippen molar-refractivity contribution in [2.75, 3.05) is 0 Å². The van der Waals surface area contributed by atoms with E-state index in [1.807, 2.05) is 6.07 Å². The van der Waals surface area contributed by atoms with Crippen LogP contribution in [0.15, 0.2) is 106 Å². The van der Waals surface area contributed by atoms with Gasteiger partial charge in [-0.25, -0.2) is 55.2 Å². The van der Waals surface area contributed by atoms with Gasteiger partial charge in [0.1, 0.15) is 58.7 Å². The van der Waals surface area contributed by atoms with Crippen LogP contribution in [-0.4, -0.2) is 94.6 Å². The summed E-state index contributed by atoms with van der Waals surface area (Å²) in [5.41, 5.74) is 3.39. The number of benzene rings is 5. The van der Waals surface area contributed by atoms with E-state index in [2.05, 4.69) is 51.6 Å². The number of aryl methyl sites for hydroxylation is 1. The molecule has 0 radical (unpaired) electrons. The summed E-state index contributed by atoms with van der Waals surface area (Å²) in [6.07, 6.45) is 8.63. The molecular weight excluding hydrogens is 1220 g/mol. The molecule has 5 heterocycles. The molecule has 2 aliphatic heterocycles. The van der Waals surface area contributed by atoms with Crippen molar-refractivity contribution < 1.29 is 157 Å². The third-order valence-electron chi connectivity index (χ3n) is 17.2. The van der Waals surface area contributed by atoms with Crippen molar-refractivity contribution in [1.29, 1.82) is 0 Å². The summed E-state index contributed by atoms with van der Waals surface area (Å²) in [4.78, 5) is 33.2. The number of hydrogen-bond donors (Lipinski definition) is 4. The smallest absolute Gasteiger partial charge is 0.744 e. The zero-order valence-electron chi connectivity index (χ0n) is 46.1. The average molecular weight is 1260 g/mol. The second kappa shape index (κ2) is 24.0. The largest absolute Gasteiger partial charge is 1.00 e. The van der Waals surface area contributed by atoms with Crippen LogP contribution in [0.4, 0.5) is 0 Å². The van der Waals surface area contributed by atoms with Gasteiger partial charge in [-0.2, -0.15) is 0 Å². The fraction of sp³-hybridized carbons (Fsp3) is 0.276. The topological polar surface area (TPSA) is 321 Å². The summed E-state index contributed by atoms with van der Waals surface area (Å²) in [6, 6.07) is 21.7. The van der Waals surface area contributed by atoms with Gasteiger partial charge >= 0.3 is 88.7 Å². The number of aliphatic hydroxyl groups is 1. The molecule has 3 aromatic heterocycles. The van der Waals surface area contributed by atoms with Crippen LogP contribution in [0, 0.1) is 40.9 Å². The molecule has 4 N–H and O–H groups in total. The molecule has 3 aliphatic carbocycles. The Hall–Kier alpha value is -4.31. The minimum atomic E-state index is -5.00. The first-order chi connectivity index (χ1) is 38.1. The first-order valence-electron chi connectivity index (χ1n) is 25.9. The van der Waals surface area contributed by atoms with E-state index in [1.54, 1.807) is 24.3 Å². The number of H-pyrrole nitrogens is 2. The number of hydrogen-bond acceptors (Lipinski definition) is 17. The van der Waals surface area contributed by atoms with E-state index < -0.39 is 50.6 Å². The van der Waals surface area contributed by atoms with Gasteiger partial charge in [-0.05, 0) is 177 Å². The summed E-state index contributed by atoms with van der Waals surface area (Å²) >= 11 is 0. The maximum absolute atomic E-state index is 12.4. The van der Waals surface area contributed by atoms with Gasteiger partial charge in [0, 0.05) is 75.3 Å². The maximum Gasteiger partial charge on any atom is 1.00 e. The predicted octanol–water partition coefficient (Wildman–Crippen LogP) is -0.501. The minimum Gasteiger partial charge on any atom is -0.744 e. The Morgan fingerprint density at radius 2 is 1.18 bits per heavy atom. The molecule has 5 aromatic carbocycles. The monoisotopic (exact) mass is 1260 g/mol. The number of phenolic OH excluding ortho intramolecular Hbond substituents is 1. The summed E-state index contributed by atoms with van der Waals surface area (Å²) in [5.74, 6) is 14.0. The number of unbranched alkanes of at least 4 members (excludes halogenated alkanes) is 2. The summed E-state index contributed by atoms with van der Waals surface area (Å²) < 4.78 is 111. The average Bonchev–Trinajstić information content (AvgIpc) is 4.31. The molecule has 0 spiro atoms. The third kappa shape index (κ3) is 11.5. The van der Waals surface area contributed by atoms with Gasteiger partial charge in [0.25, 0.3) is 0 Å². The number of aromatic amines is 2. The first-order valence-corrected chi connectivity index (χ1v) is 30.2. The van der Waals surface area contributed by atoms with E-state index in [-0.39, 0.29) is 187 Å². The quantitative estimate of drug-likeness (QED) is 0.0677. The number of phenols is 1. The van der Waals surface area contributed by atoms with E-state index >= 15 is 0 Å². The first kappa shape index (κ1) is 64.2. The van der Waals surface area contributed by atoms with Crippen LogP contribution in [-0.2, 0) is 56.3 Å². The Morgan fingerprint density at radius 3 is 1.82 bits per heavy atom. The van der Waals surface area contributed by atoms with Crippen molar-refractivity contribution in [2.45, 2.75) is 97.3 Å². The van der Waals surface area contributed by atoms with Crippen LogP contribution in [0.1, 0.15) is 87.3 Å². The fourth-order valence-corrected chi connectivity index (χ4v) is 14.8. The number of rotatable bonds is 7. The van der Waals surface area contributed by atoms with Gasteiger partial charge in [0.2, 0.25) is 0 Å². The molecule has 0 amide bonds. The molecule has 406 valence electrons. The number of nitrogens with zero attached hydrogens (tertiary/aromatic N) is 6. The summed E-state index contributed by atoms with van der Waals surface area (Å²) in [5, 5.41) is 23.3. The van der Waals surface area contributed by atoms with Crippen LogP contribution >= 0.6 is 0 Å². The predicted molar refractivity (Wildman–Crippen MR) is 291 cm³/mol. The molecule has 5 aliphatic rings. The Labute approximate surface area is 562 Å². The minimum absolute atomic E-state index is 0. The van der Waals surface area contributed by atoms with Crippen LogP contribution in [0.25, 0.3) is 89.7 Å². The van der Waals surface area contributed by atoms with Gasteiger partial charge in [0.15, 0.2) is 23.3 Å². The number of aromatic nitrogens is 8. The molecule has 2 saturated carbocycles. The number of nitrogens with one attached hydrogen (secondary N) is 2. The fourth-order valence-electron chi connectivity index (χ4n) is 13.3. The van der Waals surface area contributed by atoms with Crippen molar-refractivity contribution in [1.82, 2.24) is 39.9 Å². The van der Waals surface area contributed by atoms with Crippen molar-refractivity contribution in [3.8, 4) is 75.0 Å². The third-order valence-corrected chi connectivity index (χ3v) is 19.7. The van der Waals surface area contributed by atoms with Crippen LogP contribution in [0.3, 0.4) is 0 Å². The summed E-state index contributed by atoms with van der Waals surface area (Å²) in [6.45, 7) is 2.30. The normalized spacial score (nSPS) is 20.1. The van der Waals surface area contributed by atoms with Crippen molar-refractivity contribution in [3.05, 3.63) is 108 Å². The molecule has 84 heavy (non-hydrogen) atoms. The molecule has 2 fully saturated rings. The number of fused-ring (bicyclic) bond motifs is 25. The maximum atomic E-state index is 12.4. The van der Waals surface area contributed by atoms with Gasteiger partial charge in [-0.1, -0.05) is 37.0 Å². The molecule has 8 bridgehead atoms. The summed E-state index contributed by atoms with van der Waals surface area (Å²) in [7, 11) is -15.0. The second-order valence-electron chi connectivity index (χ2n) is 21.4. The number of aromatic hydroxyl groups is 1. The van der Waals surface area contributed by atoms with Crippen LogP contribution < -0.4 is 88.7 Å². The molecule has 0 unspecified atom stereocenters. The molecule has 8 aromatic rings. The van der Waals surface area contributed by atoms with Gasteiger partial charge in [0.05, 0.1) is 20.3 Å². The molecule has 13 rings (SSSR count). The molecule has 26 heteroatoms. The molecular formula is C58H45N8Na3O11S3Zn. The Morgan fingerprint density at radius 1 is 0.607 bits per heavy atom. The zero-order chi connectivity index (χ0) is 55.7. The van der Waals surface area contributed by atoms with Crippen LogP contribution in [0.2, 0.25) is 0 Å². The Kier molecular flexibility index (Phi) is 18.3. The van der Waals surface area contributed by atoms with Crippen molar-refractivity contribution in [3.63, 3.8) is 0 Å².